The van der Waals surface area contributed by atoms with Crippen LogP contribution in [0.2, 0.25) is 5.02 Å². The van der Waals surface area contributed by atoms with Gasteiger partial charge in [-0.3, -0.25) is 4.79 Å². The zero-order valence-corrected chi connectivity index (χ0v) is 21.4. The molecule has 190 valence electrons. The quantitative estimate of drug-likeness (QED) is 0.356. The van der Waals surface area contributed by atoms with E-state index < -0.39 is 0 Å². The number of nitrogens with zero attached hydrogens (tertiary/aromatic N) is 3. The zero-order chi connectivity index (χ0) is 25.5. The number of nitrogens with one attached hydrogen (secondary N) is 3. The molecule has 1 amide bonds. The summed E-state index contributed by atoms with van der Waals surface area (Å²) in [6.45, 7) is 6.75. The molecule has 1 fully saturated rings. The van der Waals surface area contributed by atoms with Crippen LogP contribution < -0.4 is 25.4 Å². The van der Waals surface area contributed by atoms with Crippen LogP contribution in [0.1, 0.15) is 30.6 Å². The second-order valence-corrected chi connectivity index (χ2v) is 8.83. The Kier molecular flexibility index (Phi) is 8.45. The van der Waals surface area contributed by atoms with Crippen molar-refractivity contribution in [2.24, 2.45) is 0 Å². The highest BCUT2D eigenvalue weighted by atomic mass is 35.5. The number of halogens is 1. The average Bonchev–Trinajstić information content (AvgIpc) is 3.27. The van der Waals surface area contributed by atoms with E-state index in [-0.39, 0.29) is 12.0 Å². The number of rotatable bonds is 10. The Balaban J connectivity index is 1.54. The molecular weight excluding hydrogens is 480 g/mol. The van der Waals surface area contributed by atoms with Gasteiger partial charge in [0, 0.05) is 25.7 Å². The number of likely N-dealkylation sites (N-methyl/N-ethyl adjacent to an activating group) is 1. The van der Waals surface area contributed by atoms with Crippen molar-refractivity contribution in [3.05, 3.63) is 59.2 Å². The van der Waals surface area contributed by atoms with Gasteiger partial charge in [0.2, 0.25) is 5.95 Å². The molecular formula is C26H31ClN6O3. The van der Waals surface area contributed by atoms with Crippen molar-refractivity contribution >= 4 is 40.6 Å². The number of ether oxygens (including phenoxy) is 2. The van der Waals surface area contributed by atoms with Gasteiger partial charge in [0.25, 0.3) is 5.91 Å². The number of amides is 1. The summed E-state index contributed by atoms with van der Waals surface area (Å²) in [5, 5.41) is 9.50. The van der Waals surface area contributed by atoms with E-state index in [9.17, 15) is 4.79 Å². The highest BCUT2D eigenvalue weighted by molar-refractivity contribution is 6.33. The third-order valence-corrected chi connectivity index (χ3v) is 5.93. The third-order valence-electron chi connectivity index (χ3n) is 5.66. The number of carbonyl (C=O) groups excluding carboxylic acids is 1. The van der Waals surface area contributed by atoms with Crippen LogP contribution in [0.15, 0.2) is 48.7 Å². The van der Waals surface area contributed by atoms with E-state index in [1.54, 1.807) is 18.2 Å². The highest BCUT2D eigenvalue weighted by Crippen LogP contribution is 2.33. The molecule has 36 heavy (non-hydrogen) atoms. The second-order valence-electron chi connectivity index (χ2n) is 8.43. The highest BCUT2D eigenvalue weighted by Gasteiger charge is 2.21. The van der Waals surface area contributed by atoms with Gasteiger partial charge in [0.1, 0.15) is 22.6 Å². The molecule has 3 N–H and O–H groups in total. The van der Waals surface area contributed by atoms with Crippen molar-refractivity contribution in [2.45, 2.75) is 26.4 Å². The summed E-state index contributed by atoms with van der Waals surface area (Å²) in [6, 6.07) is 12.8. The number of hydrogen-bond donors (Lipinski definition) is 3. The lowest BCUT2D eigenvalue weighted by atomic mass is 10.1. The Morgan fingerprint density at radius 3 is 2.75 bits per heavy atom. The van der Waals surface area contributed by atoms with E-state index in [2.05, 4.69) is 37.9 Å². The van der Waals surface area contributed by atoms with Crippen molar-refractivity contribution < 1.29 is 14.3 Å². The molecule has 1 aliphatic heterocycles. The van der Waals surface area contributed by atoms with Crippen LogP contribution in [0.3, 0.4) is 0 Å². The van der Waals surface area contributed by atoms with Gasteiger partial charge in [0.15, 0.2) is 5.82 Å². The van der Waals surface area contributed by atoms with E-state index in [0.717, 1.165) is 25.3 Å². The molecule has 0 aliphatic carbocycles. The fourth-order valence-corrected chi connectivity index (χ4v) is 4.08. The minimum atomic E-state index is -0.183. The summed E-state index contributed by atoms with van der Waals surface area (Å²) in [4.78, 5) is 23.5. The van der Waals surface area contributed by atoms with Crippen molar-refractivity contribution in [1.82, 2.24) is 20.2 Å². The van der Waals surface area contributed by atoms with Crippen LogP contribution in [0.25, 0.3) is 0 Å². The maximum absolute atomic E-state index is 12.4. The minimum absolute atomic E-state index is 0.166. The Hall–Kier alpha value is -3.56. The van der Waals surface area contributed by atoms with Crippen LogP contribution >= 0.6 is 11.6 Å². The molecule has 0 spiro atoms. The van der Waals surface area contributed by atoms with E-state index in [0.29, 0.717) is 52.6 Å². The largest absolute Gasteiger partial charge is 0.492 e. The van der Waals surface area contributed by atoms with E-state index >= 15 is 0 Å². The van der Waals surface area contributed by atoms with Gasteiger partial charge in [-0.2, -0.15) is 4.98 Å². The first-order chi connectivity index (χ1) is 17.5. The van der Waals surface area contributed by atoms with Gasteiger partial charge >= 0.3 is 0 Å². The van der Waals surface area contributed by atoms with E-state index in [1.165, 1.54) is 6.20 Å². The summed E-state index contributed by atoms with van der Waals surface area (Å²) < 4.78 is 12.0. The maximum atomic E-state index is 12.4. The zero-order valence-electron chi connectivity index (χ0n) is 20.7. The first-order valence-electron chi connectivity index (χ1n) is 12.0. The van der Waals surface area contributed by atoms with Crippen LogP contribution in [0, 0.1) is 0 Å². The molecule has 1 aromatic heterocycles. The Labute approximate surface area is 216 Å². The molecule has 9 nitrogen and oxygen atoms in total. The van der Waals surface area contributed by atoms with E-state index in [4.69, 9.17) is 21.1 Å². The van der Waals surface area contributed by atoms with Crippen LogP contribution in [0.4, 0.5) is 23.1 Å². The number of para-hydroxylation sites is 1. The van der Waals surface area contributed by atoms with Crippen LogP contribution in [-0.4, -0.2) is 60.2 Å². The number of carbonyl (C=O) groups is 1. The van der Waals surface area contributed by atoms with Crippen molar-refractivity contribution in [3.8, 4) is 11.5 Å². The number of benzene rings is 2. The molecule has 1 atom stereocenters. The average molecular weight is 511 g/mol. The molecule has 0 bridgehead atoms. The summed E-state index contributed by atoms with van der Waals surface area (Å²) in [6.07, 6.45) is 2.67. The van der Waals surface area contributed by atoms with Gasteiger partial charge in [-0.15, -0.1) is 0 Å². The fraction of sp³-hybridized carbons (Fsp3) is 0.346. The number of hydrogen-bond acceptors (Lipinski definition) is 8. The summed E-state index contributed by atoms with van der Waals surface area (Å²) in [5.74, 6) is 1.90. The first kappa shape index (κ1) is 25.5. The van der Waals surface area contributed by atoms with Crippen LogP contribution in [-0.2, 0) is 0 Å². The van der Waals surface area contributed by atoms with E-state index in [1.807, 2.05) is 38.1 Å². The Morgan fingerprint density at radius 1 is 1.17 bits per heavy atom. The second kappa shape index (κ2) is 11.9. The van der Waals surface area contributed by atoms with Gasteiger partial charge in [-0.25, -0.2) is 4.98 Å². The van der Waals surface area contributed by atoms with Crippen molar-refractivity contribution in [3.63, 3.8) is 0 Å². The SMILES string of the molecule is CCNC(=O)c1ccccc1Nc1nc(Nc2ccc(O[C@H]3CCN(C)C3)cc2OCC)ncc1Cl. The summed E-state index contributed by atoms with van der Waals surface area (Å²) in [5.41, 5.74) is 1.78. The van der Waals surface area contributed by atoms with Gasteiger partial charge in [-0.05, 0) is 51.6 Å². The van der Waals surface area contributed by atoms with Crippen molar-refractivity contribution in [2.75, 3.05) is 43.9 Å². The monoisotopic (exact) mass is 510 g/mol. The number of anilines is 4. The maximum Gasteiger partial charge on any atom is 0.253 e. The smallest absolute Gasteiger partial charge is 0.253 e. The normalized spacial score (nSPS) is 15.4. The molecule has 4 rings (SSSR count). The minimum Gasteiger partial charge on any atom is -0.492 e. The molecule has 3 aromatic rings. The summed E-state index contributed by atoms with van der Waals surface area (Å²) in [7, 11) is 2.09. The molecule has 1 saturated heterocycles. The summed E-state index contributed by atoms with van der Waals surface area (Å²) >= 11 is 6.37. The molecule has 1 aliphatic rings. The topological polar surface area (TPSA) is 101 Å². The number of likely N-dealkylation sites (tertiary alicyclic amines) is 1. The lowest BCUT2D eigenvalue weighted by Gasteiger charge is -2.17. The van der Waals surface area contributed by atoms with Gasteiger partial charge in [-0.1, -0.05) is 23.7 Å². The Bertz CT molecular complexity index is 1210. The fourth-order valence-electron chi connectivity index (χ4n) is 3.95. The molecule has 0 unspecified atom stereocenters. The molecule has 0 radical (unpaired) electrons. The van der Waals surface area contributed by atoms with Crippen LogP contribution in [0.5, 0.6) is 11.5 Å². The molecule has 0 saturated carbocycles. The Morgan fingerprint density at radius 2 is 2.00 bits per heavy atom. The molecule has 2 heterocycles. The van der Waals surface area contributed by atoms with Crippen molar-refractivity contribution in [1.29, 1.82) is 0 Å². The predicted octanol–water partition coefficient (Wildman–Crippen LogP) is 4.85. The number of aromatic nitrogens is 2. The van der Waals surface area contributed by atoms with Gasteiger partial charge in [0.05, 0.1) is 29.7 Å². The first-order valence-corrected chi connectivity index (χ1v) is 12.4. The lowest BCUT2D eigenvalue weighted by Crippen LogP contribution is -2.23. The lowest BCUT2D eigenvalue weighted by molar-refractivity contribution is 0.0956. The third kappa shape index (κ3) is 6.35. The molecule has 10 heteroatoms. The molecule has 2 aromatic carbocycles. The standard InChI is InChI=1S/C26H31ClN6O3/c1-4-28-25(34)19-8-6-7-9-21(19)30-24-20(27)15-29-26(32-24)31-22-11-10-17(14-23(22)35-5-2)36-18-12-13-33(3)16-18/h6-11,14-15,18H,4-5,12-13,16H2,1-3H3,(H,28,34)(H2,29,30,31,32)/t18-/m0/s1. The predicted molar refractivity (Wildman–Crippen MR) is 142 cm³/mol. The van der Waals surface area contributed by atoms with Gasteiger partial charge < -0.3 is 30.3 Å².